The van der Waals surface area contributed by atoms with Gasteiger partial charge in [-0.2, -0.15) is 0 Å². The van der Waals surface area contributed by atoms with Crippen LogP contribution in [0.4, 0.5) is 0 Å². The van der Waals surface area contributed by atoms with Crippen molar-refractivity contribution in [1.29, 1.82) is 0 Å². The molecule has 5 heteroatoms. The summed E-state index contributed by atoms with van der Waals surface area (Å²) in [7, 11) is 3.07. The van der Waals surface area contributed by atoms with E-state index in [1.807, 2.05) is 12.3 Å². The number of ketones is 1. The van der Waals surface area contributed by atoms with Crippen LogP contribution in [0.3, 0.4) is 0 Å². The van der Waals surface area contributed by atoms with Gasteiger partial charge in [-0.15, -0.1) is 11.8 Å². The maximum absolute atomic E-state index is 11.9. The normalized spacial score (nSPS) is 28.9. The van der Waals surface area contributed by atoms with Gasteiger partial charge in [0.15, 0.2) is 5.76 Å². The Morgan fingerprint density at radius 1 is 1.32 bits per heavy atom. The minimum Gasteiger partial charge on any atom is -0.496 e. The van der Waals surface area contributed by atoms with Gasteiger partial charge in [-0.3, -0.25) is 9.79 Å². The van der Waals surface area contributed by atoms with E-state index in [9.17, 15) is 4.79 Å². The predicted molar refractivity (Wildman–Crippen MR) is 77.3 cm³/mol. The topological polar surface area (TPSA) is 47.9 Å². The van der Waals surface area contributed by atoms with Crippen molar-refractivity contribution in [3.8, 4) is 0 Å². The molecule has 104 valence electrons. The van der Waals surface area contributed by atoms with Crippen molar-refractivity contribution < 1.29 is 14.3 Å². The Morgan fingerprint density at radius 3 is 2.53 bits per heavy atom. The van der Waals surface area contributed by atoms with Crippen LogP contribution in [0.15, 0.2) is 28.7 Å². The average Bonchev–Trinajstić information content (AvgIpc) is 2.63. The zero-order chi connectivity index (χ0) is 14.3. The van der Waals surface area contributed by atoms with E-state index < -0.39 is 5.41 Å². The Morgan fingerprint density at radius 2 is 2.00 bits per heavy atom. The zero-order valence-electron chi connectivity index (χ0n) is 11.9. The zero-order valence-corrected chi connectivity index (χ0v) is 12.8. The van der Waals surface area contributed by atoms with Gasteiger partial charge in [0.2, 0.25) is 11.5 Å². The van der Waals surface area contributed by atoms with Gasteiger partial charge < -0.3 is 9.47 Å². The molecule has 0 fully saturated rings. The fourth-order valence-electron chi connectivity index (χ4n) is 2.86. The molecule has 0 saturated heterocycles. The molecule has 1 aliphatic carbocycles. The molecule has 0 aromatic heterocycles. The largest absolute Gasteiger partial charge is 0.496 e. The lowest BCUT2D eigenvalue weighted by Crippen LogP contribution is -2.34. The summed E-state index contributed by atoms with van der Waals surface area (Å²) in [5.74, 6) is 0.695. The van der Waals surface area contributed by atoms with Crippen molar-refractivity contribution in [1.82, 2.24) is 0 Å². The summed E-state index contributed by atoms with van der Waals surface area (Å²) in [5, 5.41) is 0.965. The quantitative estimate of drug-likeness (QED) is 0.780. The van der Waals surface area contributed by atoms with Gasteiger partial charge >= 0.3 is 0 Å². The molecule has 4 nitrogen and oxygen atoms in total. The number of aliphatic imine (C=N–C) groups is 1. The number of allylic oxidation sites excluding steroid dienone is 2. The summed E-state index contributed by atoms with van der Waals surface area (Å²) in [6.45, 7) is 4.17. The highest BCUT2D eigenvalue weighted by Crippen LogP contribution is 2.51. The molecular formula is C14H19NO3S. The Kier molecular flexibility index (Phi) is 3.51. The van der Waals surface area contributed by atoms with Gasteiger partial charge in [-0.1, -0.05) is 6.08 Å². The van der Waals surface area contributed by atoms with Gasteiger partial charge in [-0.05, 0) is 32.6 Å². The van der Waals surface area contributed by atoms with E-state index in [1.54, 1.807) is 24.9 Å². The van der Waals surface area contributed by atoms with Crippen LogP contribution < -0.4 is 0 Å². The third kappa shape index (κ3) is 2.10. The molecule has 2 aliphatic rings. The number of rotatable bonds is 2. The standard InChI is InChI=1S/C14H19NO3S/c1-13(2)8-14(12(15-13)19-5)7-6-9(16)10(17-3)11(14)18-4/h6-7H,8H2,1-5H3/t14-/m0/s1. The second-order valence-electron chi connectivity index (χ2n) is 5.35. The Bertz CT molecular complexity index is 505. The fourth-order valence-corrected chi connectivity index (χ4v) is 3.80. The first-order valence-corrected chi connectivity index (χ1v) is 7.33. The lowest BCUT2D eigenvalue weighted by atomic mass is 9.76. The maximum Gasteiger partial charge on any atom is 0.223 e. The lowest BCUT2D eigenvalue weighted by molar-refractivity contribution is -0.115. The predicted octanol–water partition coefficient (Wildman–Crippen LogP) is 2.56. The summed E-state index contributed by atoms with van der Waals surface area (Å²) in [6.07, 6.45) is 6.23. The number of thioether (sulfide) groups is 1. The van der Waals surface area contributed by atoms with Gasteiger partial charge in [0.05, 0.1) is 24.8 Å². The Labute approximate surface area is 117 Å². The second-order valence-corrected chi connectivity index (χ2v) is 6.14. The fraction of sp³-hybridized carbons (Fsp3) is 0.571. The van der Waals surface area contributed by atoms with Crippen LogP contribution in [-0.2, 0) is 14.3 Å². The van der Waals surface area contributed by atoms with Crippen molar-refractivity contribution in [2.45, 2.75) is 25.8 Å². The number of carbonyl (C=O) groups is 1. The van der Waals surface area contributed by atoms with Crippen LogP contribution in [0.1, 0.15) is 20.3 Å². The number of methoxy groups -OCH3 is 2. The highest BCUT2D eigenvalue weighted by molar-refractivity contribution is 8.13. The molecule has 0 bridgehead atoms. The molecule has 0 aromatic carbocycles. The molecule has 0 unspecified atom stereocenters. The smallest absolute Gasteiger partial charge is 0.223 e. The molecule has 0 N–H and O–H groups in total. The number of nitrogens with zero attached hydrogens (tertiary/aromatic N) is 1. The van der Waals surface area contributed by atoms with Crippen LogP contribution in [-0.4, -0.2) is 36.8 Å². The summed E-state index contributed by atoms with van der Waals surface area (Å²) in [5.41, 5.74) is -0.636. The van der Waals surface area contributed by atoms with Crippen LogP contribution in [0.5, 0.6) is 0 Å². The minimum absolute atomic E-state index is 0.157. The van der Waals surface area contributed by atoms with E-state index in [2.05, 4.69) is 13.8 Å². The van der Waals surface area contributed by atoms with Crippen molar-refractivity contribution in [3.63, 3.8) is 0 Å². The molecule has 0 aromatic rings. The molecule has 2 rings (SSSR count). The van der Waals surface area contributed by atoms with E-state index in [4.69, 9.17) is 14.5 Å². The van der Waals surface area contributed by atoms with E-state index in [0.29, 0.717) is 5.76 Å². The summed E-state index contributed by atoms with van der Waals surface area (Å²) in [6, 6.07) is 0. The first-order chi connectivity index (χ1) is 8.90. The van der Waals surface area contributed by atoms with E-state index in [0.717, 1.165) is 11.5 Å². The van der Waals surface area contributed by atoms with E-state index in [-0.39, 0.29) is 17.1 Å². The molecule has 1 aliphatic heterocycles. The third-order valence-corrected chi connectivity index (χ3v) is 4.30. The van der Waals surface area contributed by atoms with Gasteiger partial charge in [-0.25, -0.2) is 0 Å². The lowest BCUT2D eigenvalue weighted by Gasteiger charge is -2.33. The minimum atomic E-state index is -0.461. The van der Waals surface area contributed by atoms with Crippen molar-refractivity contribution >= 4 is 22.6 Å². The summed E-state index contributed by atoms with van der Waals surface area (Å²) in [4.78, 5) is 16.6. The Balaban J connectivity index is 2.61. The second kappa shape index (κ2) is 4.71. The first kappa shape index (κ1) is 14.2. The number of carbonyl (C=O) groups excluding carboxylic acids is 1. The average molecular weight is 281 g/mol. The number of ether oxygens (including phenoxy) is 2. The molecule has 0 amide bonds. The van der Waals surface area contributed by atoms with Crippen LogP contribution >= 0.6 is 11.8 Å². The highest BCUT2D eigenvalue weighted by Gasteiger charge is 2.52. The molecule has 0 radical (unpaired) electrons. The maximum atomic E-state index is 11.9. The molecule has 1 heterocycles. The van der Waals surface area contributed by atoms with Gasteiger partial charge in [0, 0.05) is 0 Å². The van der Waals surface area contributed by atoms with E-state index in [1.165, 1.54) is 7.11 Å². The Hall–Kier alpha value is -1.23. The van der Waals surface area contributed by atoms with Crippen molar-refractivity contribution in [2.24, 2.45) is 10.4 Å². The molecule has 0 saturated carbocycles. The monoisotopic (exact) mass is 281 g/mol. The van der Waals surface area contributed by atoms with Crippen molar-refractivity contribution in [2.75, 3.05) is 20.5 Å². The summed E-state index contributed by atoms with van der Waals surface area (Å²) >= 11 is 1.59. The SMILES string of the molecule is COC1=C(OC)[C@]2(C=CC1=O)CC(C)(C)N=C2SC. The highest BCUT2D eigenvalue weighted by atomic mass is 32.2. The molecular weight excluding hydrogens is 262 g/mol. The molecule has 19 heavy (non-hydrogen) atoms. The van der Waals surface area contributed by atoms with Crippen LogP contribution in [0.25, 0.3) is 0 Å². The van der Waals surface area contributed by atoms with Crippen molar-refractivity contribution in [3.05, 3.63) is 23.7 Å². The van der Waals surface area contributed by atoms with E-state index >= 15 is 0 Å². The molecule has 1 spiro atoms. The third-order valence-electron chi connectivity index (χ3n) is 3.45. The number of hydrogen-bond donors (Lipinski definition) is 0. The van der Waals surface area contributed by atoms with Gasteiger partial charge in [0.1, 0.15) is 5.41 Å². The first-order valence-electron chi connectivity index (χ1n) is 6.11. The van der Waals surface area contributed by atoms with Crippen LogP contribution in [0.2, 0.25) is 0 Å². The van der Waals surface area contributed by atoms with Gasteiger partial charge in [0.25, 0.3) is 0 Å². The van der Waals surface area contributed by atoms with Crippen LogP contribution in [0, 0.1) is 5.41 Å². The number of hydrogen-bond acceptors (Lipinski definition) is 5. The molecule has 1 atom stereocenters. The summed E-state index contributed by atoms with van der Waals surface area (Å²) < 4.78 is 10.8.